The van der Waals surface area contributed by atoms with Gasteiger partial charge in [0.1, 0.15) is 5.75 Å². The van der Waals surface area contributed by atoms with Gasteiger partial charge in [-0.15, -0.1) is 0 Å². The Morgan fingerprint density at radius 1 is 1.50 bits per heavy atom. The third kappa shape index (κ3) is 2.79. The molecule has 1 N–H and O–H groups in total. The van der Waals surface area contributed by atoms with Crippen molar-refractivity contribution in [3.63, 3.8) is 0 Å². The van der Waals surface area contributed by atoms with Crippen LogP contribution in [0.3, 0.4) is 0 Å². The van der Waals surface area contributed by atoms with Crippen molar-refractivity contribution in [3.8, 4) is 5.75 Å². The quantitative estimate of drug-likeness (QED) is 0.916. The van der Waals surface area contributed by atoms with E-state index >= 15 is 0 Å². The number of aliphatic hydroxyl groups excluding tert-OH is 1. The average molecular weight is 270 g/mol. The lowest BCUT2D eigenvalue weighted by Crippen LogP contribution is -2.37. The fourth-order valence-electron chi connectivity index (χ4n) is 2.58. The van der Waals surface area contributed by atoms with Gasteiger partial charge in [-0.3, -0.25) is 4.90 Å². The molecule has 0 saturated carbocycles. The van der Waals surface area contributed by atoms with Gasteiger partial charge in [0.15, 0.2) is 0 Å². The van der Waals surface area contributed by atoms with Crippen LogP contribution in [0.5, 0.6) is 5.75 Å². The molecule has 0 bridgehead atoms. The first-order valence-electron chi connectivity index (χ1n) is 6.18. The number of methoxy groups -OCH3 is 1. The average Bonchev–Trinajstić information content (AvgIpc) is 2.52. The van der Waals surface area contributed by atoms with E-state index < -0.39 is 0 Å². The van der Waals surface area contributed by atoms with E-state index in [0.29, 0.717) is 10.8 Å². The van der Waals surface area contributed by atoms with Gasteiger partial charge in [0.05, 0.1) is 18.2 Å². The molecular formula is C14H20ClNO2. The summed E-state index contributed by atoms with van der Waals surface area (Å²) in [6.07, 6.45) is 0.588. The third-order valence-corrected chi connectivity index (χ3v) is 3.91. The Labute approximate surface area is 113 Å². The van der Waals surface area contributed by atoms with Gasteiger partial charge in [-0.05, 0) is 38.0 Å². The highest BCUT2D eigenvalue weighted by molar-refractivity contribution is 6.32. The molecule has 1 fully saturated rings. The van der Waals surface area contributed by atoms with Crippen LogP contribution in [0, 0.1) is 0 Å². The molecule has 100 valence electrons. The Morgan fingerprint density at radius 2 is 2.22 bits per heavy atom. The van der Waals surface area contributed by atoms with Crippen molar-refractivity contribution in [1.29, 1.82) is 0 Å². The fraction of sp³-hybridized carbons (Fsp3) is 0.571. The van der Waals surface area contributed by atoms with Gasteiger partial charge in [-0.1, -0.05) is 17.7 Å². The molecule has 1 saturated heterocycles. The van der Waals surface area contributed by atoms with Crippen molar-refractivity contribution in [2.24, 2.45) is 0 Å². The molecule has 1 aliphatic rings. The van der Waals surface area contributed by atoms with Crippen LogP contribution >= 0.6 is 11.6 Å². The molecule has 1 heterocycles. The zero-order valence-electron chi connectivity index (χ0n) is 11.1. The van der Waals surface area contributed by atoms with Crippen molar-refractivity contribution in [3.05, 3.63) is 28.8 Å². The Hall–Kier alpha value is -0.770. The number of aliphatic hydroxyl groups is 1. The van der Waals surface area contributed by atoms with Crippen LogP contribution in [-0.2, 0) is 6.54 Å². The number of hydrogen-bond donors (Lipinski definition) is 1. The summed E-state index contributed by atoms with van der Waals surface area (Å²) in [6, 6.07) is 5.84. The van der Waals surface area contributed by atoms with E-state index in [9.17, 15) is 5.11 Å². The van der Waals surface area contributed by atoms with Gasteiger partial charge in [0, 0.05) is 18.6 Å². The Kier molecular flexibility index (Phi) is 3.85. The number of benzene rings is 1. The maximum absolute atomic E-state index is 9.76. The summed E-state index contributed by atoms with van der Waals surface area (Å²) in [7, 11) is 1.61. The summed E-state index contributed by atoms with van der Waals surface area (Å²) < 4.78 is 5.14. The molecule has 18 heavy (non-hydrogen) atoms. The van der Waals surface area contributed by atoms with Gasteiger partial charge in [-0.2, -0.15) is 0 Å². The lowest BCUT2D eigenvalue weighted by Gasteiger charge is -2.31. The first-order valence-corrected chi connectivity index (χ1v) is 6.56. The molecule has 2 rings (SSSR count). The molecule has 0 aromatic heterocycles. The standard InChI is InChI=1S/C14H20ClNO2/c1-14(2)7-11(17)9-16(14)8-10-4-5-13(18-3)12(15)6-10/h4-6,11,17H,7-9H2,1-3H3. The monoisotopic (exact) mass is 269 g/mol. The minimum Gasteiger partial charge on any atom is -0.495 e. The maximum atomic E-state index is 9.76. The highest BCUT2D eigenvalue weighted by Crippen LogP contribution is 2.32. The van der Waals surface area contributed by atoms with Crippen molar-refractivity contribution < 1.29 is 9.84 Å². The van der Waals surface area contributed by atoms with Crippen molar-refractivity contribution >= 4 is 11.6 Å². The molecule has 0 spiro atoms. The second kappa shape index (κ2) is 5.08. The molecule has 4 heteroatoms. The summed E-state index contributed by atoms with van der Waals surface area (Å²) in [6.45, 7) is 5.84. The molecule has 1 aliphatic heterocycles. The van der Waals surface area contributed by atoms with Crippen molar-refractivity contribution in [1.82, 2.24) is 4.90 Å². The van der Waals surface area contributed by atoms with Crippen LogP contribution in [-0.4, -0.2) is 35.3 Å². The molecule has 3 nitrogen and oxygen atoms in total. The first-order chi connectivity index (χ1) is 8.42. The first kappa shape index (κ1) is 13.7. The summed E-state index contributed by atoms with van der Waals surface area (Å²) in [5.41, 5.74) is 1.18. The summed E-state index contributed by atoms with van der Waals surface area (Å²) in [5, 5.41) is 10.4. The van der Waals surface area contributed by atoms with Gasteiger partial charge in [-0.25, -0.2) is 0 Å². The predicted octanol–water partition coefficient (Wildman–Crippen LogP) is 2.69. The van der Waals surface area contributed by atoms with Crippen LogP contribution in [0.1, 0.15) is 25.8 Å². The second-order valence-electron chi connectivity index (χ2n) is 5.52. The molecule has 0 amide bonds. The number of likely N-dealkylation sites (tertiary alicyclic amines) is 1. The number of nitrogens with zero attached hydrogens (tertiary/aromatic N) is 1. The van der Waals surface area contributed by atoms with Crippen molar-refractivity contribution in [2.45, 2.75) is 38.5 Å². The third-order valence-electron chi connectivity index (χ3n) is 3.61. The molecule has 1 aromatic rings. The number of rotatable bonds is 3. The summed E-state index contributed by atoms with van der Waals surface area (Å²) >= 11 is 6.12. The van der Waals surface area contributed by atoms with E-state index in [1.807, 2.05) is 18.2 Å². The highest BCUT2D eigenvalue weighted by Gasteiger charge is 2.37. The Morgan fingerprint density at radius 3 is 2.72 bits per heavy atom. The Balaban J connectivity index is 2.12. The number of ether oxygens (including phenoxy) is 1. The van der Waals surface area contributed by atoms with E-state index in [4.69, 9.17) is 16.3 Å². The van der Waals surface area contributed by atoms with Gasteiger partial charge < -0.3 is 9.84 Å². The highest BCUT2D eigenvalue weighted by atomic mass is 35.5. The van der Waals surface area contributed by atoms with Gasteiger partial charge in [0.25, 0.3) is 0 Å². The maximum Gasteiger partial charge on any atom is 0.137 e. The van der Waals surface area contributed by atoms with Crippen LogP contribution < -0.4 is 4.74 Å². The topological polar surface area (TPSA) is 32.7 Å². The SMILES string of the molecule is COc1ccc(CN2CC(O)CC2(C)C)cc1Cl. The molecule has 1 aromatic carbocycles. The zero-order valence-corrected chi connectivity index (χ0v) is 11.9. The van der Waals surface area contributed by atoms with E-state index in [2.05, 4.69) is 18.7 Å². The lowest BCUT2D eigenvalue weighted by atomic mass is 10.0. The van der Waals surface area contributed by atoms with E-state index in [0.717, 1.165) is 25.1 Å². The molecule has 1 unspecified atom stereocenters. The lowest BCUT2D eigenvalue weighted by molar-refractivity contribution is 0.156. The minimum absolute atomic E-state index is 0.0336. The molecule has 0 radical (unpaired) electrons. The van der Waals surface area contributed by atoms with Crippen molar-refractivity contribution in [2.75, 3.05) is 13.7 Å². The van der Waals surface area contributed by atoms with Crippen LogP contribution in [0.2, 0.25) is 5.02 Å². The Bertz CT molecular complexity index is 434. The minimum atomic E-state index is -0.228. The number of halogens is 1. The smallest absolute Gasteiger partial charge is 0.137 e. The van der Waals surface area contributed by atoms with E-state index in [1.54, 1.807) is 7.11 Å². The number of β-amino-alcohol motifs (C(OH)–C–C–N with tert-alkyl or cyclic N) is 1. The van der Waals surface area contributed by atoms with Gasteiger partial charge >= 0.3 is 0 Å². The largest absolute Gasteiger partial charge is 0.495 e. The normalized spacial score (nSPS) is 23.3. The van der Waals surface area contributed by atoms with Crippen LogP contribution in [0.4, 0.5) is 0 Å². The summed E-state index contributed by atoms with van der Waals surface area (Å²) in [4.78, 5) is 2.29. The fourth-order valence-corrected chi connectivity index (χ4v) is 2.86. The predicted molar refractivity (Wildman–Crippen MR) is 73.1 cm³/mol. The number of hydrogen-bond acceptors (Lipinski definition) is 3. The molecular weight excluding hydrogens is 250 g/mol. The van der Waals surface area contributed by atoms with E-state index in [-0.39, 0.29) is 11.6 Å². The van der Waals surface area contributed by atoms with Gasteiger partial charge in [0.2, 0.25) is 0 Å². The molecule has 1 atom stereocenters. The van der Waals surface area contributed by atoms with Crippen LogP contribution in [0.25, 0.3) is 0 Å². The van der Waals surface area contributed by atoms with Crippen LogP contribution in [0.15, 0.2) is 18.2 Å². The second-order valence-corrected chi connectivity index (χ2v) is 5.93. The molecule has 0 aliphatic carbocycles. The summed E-state index contributed by atoms with van der Waals surface area (Å²) in [5.74, 6) is 0.695. The van der Waals surface area contributed by atoms with E-state index in [1.165, 1.54) is 0 Å². The zero-order chi connectivity index (χ0) is 13.3.